The van der Waals surface area contributed by atoms with Gasteiger partial charge in [-0.3, -0.25) is 0 Å². The Morgan fingerprint density at radius 1 is 1.22 bits per heavy atom. The number of rotatable bonds is 9. The van der Waals surface area contributed by atoms with Gasteiger partial charge in [-0.2, -0.15) is 0 Å². The lowest BCUT2D eigenvalue weighted by Crippen LogP contribution is -2.27. The molecule has 0 spiro atoms. The highest BCUT2D eigenvalue weighted by Crippen LogP contribution is 2.31. The summed E-state index contributed by atoms with van der Waals surface area (Å²) in [6, 6.07) is 5.59. The second-order valence-corrected chi connectivity index (χ2v) is 9.48. The van der Waals surface area contributed by atoms with Gasteiger partial charge in [0.05, 0.1) is 23.7 Å². The minimum absolute atomic E-state index is 0.0300. The summed E-state index contributed by atoms with van der Waals surface area (Å²) >= 11 is 0. The number of anilines is 1. The number of aliphatic hydroxyl groups excluding tert-OH is 1. The monoisotopic (exact) mass is 463 g/mol. The van der Waals surface area contributed by atoms with Crippen molar-refractivity contribution in [2.24, 2.45) is 0 Å². The number of halogens is 1. The first-order valence-corrected chi connectivity index (χ1v) is 11.6. The fourth-order valence-electron chi connectivity index (χ4n) is 2.79. The van der Waals surface area contributed by atoms with Crippen molar-refractivity contribution in [3.8, 4) is 11.3 Å². The van der Waals surface area contributed by atoms with Crippen LogP contribution in [0.15, 0.2) is 42.5 Å². The highest BCUT2D eigenvalue weighted by atomic mass is 32.2. The number of aliphatic hydroxyl groups is 1. The Hall–Kier alpha value is -3.11. The summed E-state index contributed by atoms with van der Waals surface area (Å²) in [7, 11) is -2.28. The minimum Gasteiger partial charge on any atom is -0.478 e. The summed E-state index contributed by atoms with van der Waals surface area (Å²) in [6.45, 7) is 3.76. The molecule has 2 N–H and O–H groups in total. The molecule has 1 heterocycles. The van der Waals surface area contributed by atoms with Crippen LogP contribution in [-0.4, -0.2) is 54.0 Å². The van der Waals surface area contributed by atoms with Crippen molar-refractivity contribution in [1.82, 2.24) is 9.97 Å². The van der Waals surface area contributed by atoms with E-state index in [1.54, 1.807) is 6.08 Å². The molecule has 172 valence electrons. The third kappa shape index (κ3) is 6.69. The van der Waals surface area contributed by atoms with E-state index in [1.807, 2.05) is 13.8 Å². The van der Waals surface area contributed by atoms with Gasteiger partial charge in [0.15, 0.2) is 0 Å². The molecule has 2 rings (SSSR count). The predicted molar refractivity (Wildman–Crippen MR) is 121 cm³/mol. The minimum atomic E-state index is -3.63. The number of sulfonamides is 1. The second-order valence-electron chi connectivity index (χ2n) is 7.47. The van der Waals surface area contributed by atoms with Crippen molar-refractivity contribution in [3.05, 3.63) is 59.6 Å². The zero-order valence-corrected chi connectivity index (χ0v) is 19.0. The molecule has 8 nitrogen and oxygen atoms in total. The molecular formula is C22H26FN3O5S. The smallest absolute Gasteiger partial charge is 0.327 e. The van der Waals surface area contributed by atoms with E-state index in [-0.39, 0.29) is 18.3 Å². The number of aromatic nitrogens is 2. The van der Waals surface area contributed by atoms with E-state index in [1.165, 1.54) is 43.5 Å². The van der Waals surface area contributed by atoms with Crippen molar-refractivity contribution in [3.63, 3.8) is 0 Å². The van der Waals surface area contributed by atoms with E-state index in [0.29, 0.717) is 22.5 Å². The first-order valence-electron chi connectivity index (χ1n) is 9.77. The largest absolute Gasteiger partial charge is 0.478 e. The Labute approximate surface area is 186 Å². The molecule has 0 bridgehead atoms. The lowest BCUT2D eigenvalue weighted by atomic mass is 9.97. The molecule has 10 heteroatoms. The van der Waals surface area contributed by atoms with Crippen LogP contribution in [0.4, 0.5) is 10.3 Å². The van der Waals surface area contributed by atoms with Crippen molar-refractivity contribution < 1.29 is 27.8 Å². The van der Waals surface area contributed by atoms with Gasteiger partial charge in [0, 0.05) is 24.3 Å². The fourth-order valence-corrected chi connectivity index (χ4v) is 3.17. The number of nitrogens with zero attached hydrogens (tertiary/aromatic N) is 3. The molecule has 0 aliphatic carbocycles. The van der Waals surface area contributed by atoms with Crippen molar-refractivity contribution in [1.29, 1.82) is 0 Å². The Morgan fingerprint density at radius 2 is 1.84 bits per heavy atom. The van der Waals surface area contributed by atoms with Gasteiger partial charge in [-0.25, -0.2) is 31.9 Å². The molecule has 1 aromatic heterocycles. The summed E-state index contributed by atoms with van der Waals surface area (Å²) in [5.74, 6) is -1.70. The van der Waals surface area contributed by atoms with Gasteiger partial charge in [0.2, 0.25) is 16.0 Å². The van der Waals surface area contributed by atoms with Gasteiger partial charge >= 0.3 is 5.97 Å². The summed E-state index contributed by atoms with van der Waals surface area (Å²) in [6.07, 6.45) is 5.52. The number of carboxylic acids is 1. The molecule has 0 radical (unpaired) electrons. The van der Waals surface area contributed by atoms with E-state index >= 15 is 0 Å². The highest BCUT2D eigenvalue weighted by Gasteiger charge is 2.22. The number of hydrogen-bond donors (Lipinski definition) is 2. The molecule has 1 atom stereocenters. The molecule has 0 amide bonds. The van der Waals surface area contributed by atoms with E-state index in [4.69, 9.17) is 5.11 Å². The maximum atomic E-state index is 13.5. The third-order valence-electron chi connectivity index (χ3n) is 4.53. The lowest BCUT2D eigenvalue weighted by molar-refractivity contribution is -0.131. The quantitative estimate of drug-likeness (QED) is 0.548. The predicted octanol–water partition coefficient (Wildman–Crippen LogP) is 3.21. The first kappa shape index (κ1) is 25.2. The average Bonchev–Trinajstić information content (AvgIpc) is 2.70. The zero-order valence-electron chi connectivity index (χ0n) is 18.2. The van der Waals surface area contributed by atoms with Gasteiger partial charge in [-0.05, 0) is 36.6 Å². The molecule has 0 aliphatic heterocycles. The molecule has 1 aromatic carbocycles. The summed E-state index contributed by atoms with van der Waals surface area (Å²) in [5, 5.41) is 18.9. The van der Waals surface area contributed by atoms with Crippen LogP contribution in [-0.2, 0) is 14.8 Å². The summed E-state index contributed by atoms with van der Waals surface area (Å²) < 4.78 is 38.6. The van der Waals surface area contributed by atoms with E-state index in [0.717, 1.165) is 16.6 Å². The Balaban J connectivity index is 2.65. The number of hydrogen-bond acceptors (Lipinski definition) is 6. The fraction of sp³-hybridized carbons (Fsp3) is 0.318. The highest BCUT2D eigenvalue weighted by molar-refractivity contribution is 7.92. The normalized spacial score (nSPS) is 13.2. The SMILES string of the molecule is CC(C)c1nc(N(C)S(C)(=O)=O)nc(-c2ccc(F)cc2)c1C=CC(O)CC=CC(=O)O. The molecule has 0 saturated carbocycles. The van der Waals surface area contributed by atoms with E-state index < -0.39 is 27.9 Å². The van der Waals surface area contributed by atoms with Crippen LogP contribution < -0.4 is 4.31 Å². The number of aliphatic carboxylic acids is 1. The Morgan fingerprint density at radius 3 is 2.38 bits per heavy atom. The van der Waals surface area contributed by atoms with Crippen LogP contribution in [0.2, 0.25) is 0 Å². The van der Waals surface area contributed by atoms with Crippen LogP contribution in [0.5, 0.6) is 0 Å². The first-order chi connectivity index (χ1) is 14.9. The summed E-state index contributed by atoms with van der Waals surface area (Å²) in [4.78, 5) is 19.5. The van der Waals surface area contributed by atoms with Gasteiger partial charge < -0.3 is 10.2 Å². The molecule has 32 heavy (non-hydrogen) atoms. The molecule has 0 saturated heterocycles. The van der Waals surface area contributed by atoms with Crippen LogP contribution in [0, 0.1) is 5.82 Å². The van der Waals surface area contributed by atoms with Gasteiger partial charge in [0.25, 0.3) is 0 Å². The van der Waals surface area contributed by atoms with Crippen LogP contribution in [0.1, 0.15) is 37.4 Å². The van der Waals surface area contributed by atoms with Crippen molar-refractivity contribution in [2.45, 2.75) is 32.3 Å². The summed E-state index contributed by atoms with van der Waals surface area (Å²) in [5.41, 5.74) is 1.99. The Bertz CT molecular complexity index is 1130. The molecule has 0 fully saturated rings. The van der Waals surface area contributed by atoms with Crippen LogP contribution >= 0.6 is 0 Å². The molecule has 2 aromatic rings. The van der Waals surface area contributed by atoms with Gasteiger partial charge in [-0.1, -0.05) is 32.1 Å². The zero-order chi connectivity index (χ0) is 24.1. The van der Waals surface area contributed by atoms with E-state index in [9.17, 15) is 22.7 Å². The maximum absolute atomic E-state index is 13.5. The second kappa shape index (κ2) is 10.5. The molecular weight excluding hydrogens is 437 g/mol. The van der Waals surface area contributed by atoms with Crippen molar-refractivity contribution in [2.75, 3.05) is 17.6 Å². The van der Waals surface area contributed by atoms with Gasteiger partial charge in [-0.15, -0.1) is 0 Å². The van der Waals surface area contributed by atoms with Crippen molar-refractivity contribution >= 4 is 28.0 Å². The topological polar surface area (TPSA) is 121 Å². The Kier molecular flexibility index (Phi) is 8.23. The third-order valence-corrected chi connectivity index (χ3v) is 5.69. The lowest BCUT2D eigenvalue weighted by Gasteiger charge is -2.20. The number of carbonyl (C=O) groups is 1. The number of benzene rings is 1. The average molecular weight is 464 g/mol. The maximum Gasteiger partial charge on any atom is 0.327 e. The van der Waals surface area contributed by atoms with Crippen LogP contribution in [0.3, 0.4) is 0 Å². The molecule has 0 aliphatic rings. The number of carboxylic acid groups (broad SMARTS) is 1. The molecule has 1 unspecified atom stereocenters. The van der Waals surface area contributed by atoms with Crippen LogP contribution in [0.25, 0.3) is 17.3 Å². The van der Waals surface area contributed by atoms with Gasteiger partial charge in [0.1, 0.15) is 5.82 Å². The standard InChI is InChI=1S/C22H26FN3O5S/c1-14(2)20-18(13-12-17(27)6-5-7-19(28)29)21(15-8-10-16(23)11-9-15)25-22(24-20)26(3)32(4,30)31/h5,7-14,17,27H,6H2,1-4H3,(H,28,29). The van der Waals surface area contributed by atoms with E-state index in [2.05, 4.69) is 9.97 Å².